The Bertz CT molecular complexity index is 484. The molecule has 0 unspecified atom stereocenters. The van der Waals surface area contributed by atoms with Gasteiger partial charge in [0.1, 0.15) is 11.5 Å². The Morgan fingerprint density at radius 3 is 2.40 bits per heavy atom. The molecular weight excluding hydrogens is 322 g/mol. The van der Waals surface area contributed by atoms with Gasteiger partial charge in [0.25, 0.3) is 0 Å². The molecule has 1 aliphatic carbocycles. The minimum atomic E-state index is 0.0763. The lowest BCUT2D eigenvalue weighted by Crippen LogP contribution is -2.25. The maximum Gasteiger partial charge on any atom is 0.227 e. The molecule has 4 nitrogen and oxygen atoms in total. The smallest absolute Gasteiger partial charge is 0.227 e. The summed E-state index contributed by atoms with van der Waals surface area (Å²) < 4.78 is 11.4. The molecule has 0 spiro atoms. The second-order valence-electron chi connectivity index (χ2n) is 5.01. The quantitative estimate of drug-likeness (QED) is 0.900. The Labute approximate surface area is 128 Å². The van der Waals surface area contributed by atoms with Crippen LogP contribution in [0.4, 0.5) is 5.69 Å². The molecule has 1 aliphatic rings. The maximum atomic E-state index is 12.3. The molecule has 5 heteroatoms. The van der Waals surface area contributed by atoms with Gasteiger partial charge in [-0.2, -0.15) is 0 Å². The van der Waals surface area contributed by atoms with Gasteiger partial charge in [0.05, 0.1) is 24.4 Å². The fraction of sp³-hybridized carbons (Fsp3) is 0.533. The summed E-state index contributed by atoms with van der Waals surface area (Å²) in [5.74, 6) is 1.49. The summed E-state index contributed by atoms with van der Waals surface area (Å²) >= 11 is 3.41. The SMILES string of the molecule is COc1cc(NC(=O)C2CCCCC2)c(OC)cc1Br. The number of benzene rings is 1. The molecule has 1 aromatic carbocycles. The van der Waals surface area contributed by atoms with Crippen LogP contribution in [0.25, 0.3) is 0 Å². The number of carbonyl (C=O) groups is 1. The first kappa shape index (κ1) is 15.2. The van der Waals surface area contributed by atoms with Crippen LogP contribution < -0.4 is 14.8 Å². The summed E-state index contributed by atoms with van der Waals surface area (Å²) in [4.78, 5) is 12.3. The molecular formula is C15H20BrNO3. The fourth-order valence-electron chi connectivity index (χ4n) is 2.56. The van der Waals surface area contributed by atoms with Crippen LogP contribution in [0.15, 0.2) is 16.6 Å². The molecule has 0 saturated heterocycles. The van der Waals surface area contributed by atoms with Crippen molar-refractivity contribution >= 4 is 27.5 Å². The number of nitrogens with one attached hydrogen (secondary N) is 1. The van der Waals surface area contributed by atoms with Gasteiger partial charge < -0.3 is 14.8 Å². The number of rotatable bonds is 4. The number of carbonyl (C=O) groups excluding carboxylic acids is 1. The van der Waals surface area contributed by atoms with Gasteiger partial charge >= 0.3 is 0 Å². The third-order valence-electron chi connectivity index (χ3n) is 3.71. The molecule has 2 rings (SSSR count). The van der Waals surface area contributed by atoms with E-state index in [0.717, 1.165) is 30.2 Å². The lowest BCUT2D eigenvalue weighted by Gasteiger charge is -2.21. The average molecular weight is 342 g/mol. The standard InChI is InChI=1S/C15H20BrNO3/c1-19-13-9-12(14(20-2)8-11(13)16)17-15(18)10-6-4-3-5-7-10/h8-10H,3-7H2,1-2H3,(H,17,18). The molecule has 0 radical (unpaired) electrons. The highest BCUT2D eigenvalue weighted by Gasteiger charge is 2.22. The van der Waals surface area contributed by atoms with Crippen LogP contribution in [0.5, 0.6) is 11.5 Å². The summed E-state index contributed by atoms with van der Waals surface area (Å²) in [5, 5.41) is 2.97. The van der Waals surface area contributed by atoms with Crippen molar-refractivity contribution in [2.24, 2.45) is 5.92 Å². The first-order chi connectivity index (χ1) is 9.65. The summed E-state index contributed by atoms with van der Waals surface area (Å²) in [6.07, 6.45) is 5.46. The lowest BCUT2D eigenvalue weighted by molar-refractivity contribution is -0.120. The van der Waals surface area contributed by atoms with Crippen molar-refractivity contribution in [2.45, 2.75) is 32.1 Å². The maximum absolute atomic E-state index is 12.3. The molecule has 1 saturated carbocycles. The predicted molar refractivity (Wildman–Crippen MR) is 82.5 cm³/mol. The molecule has 110 valence electrons. The van der Waals surface area contributed by atoms with Gasteiger partial charge in [0, 0.05) is 18.1 Å². The van der Waals surface area contributed by atoms with Crippen molar-refractivity contribution < 1.29 is 14.3 Å². The van der Waals surface area contributed by atoms with Crippen LogP contribution in [0.2, 0.25) is 0 Å². The van der Waals surface area contributed by atoms with Crippen LogP contribution >= 0.6 is 15.9 Å². The number of methoxy groups -OCH3 is 2. The van der Waals surface area contributed by atoms with Gasteiger partial charge in [-0.3, -0.25) is 4.79 Å². The van der Waals surface area contributed by atoms with Crippen molar-refractivity contribution in [3.8, 4) is 11.5 Å². The highest BCUT2D eigenvalue weighted by atomic mass is 79.9. The zero-order valence-corrected chi connectivity index (χ0v) is 13.5. The number of halogens is 1. The number of amides is 1. The Morgan fingerprint density at radius 2 is 1.80 bits per heavy atom. The van der Waals surface area contributed by atoms with E-state index in [1.165, 1.54) is 6.42 Å². The van der Waals surface area contributed by atoms with Gasteiger partial charge in [-0.15, -0.1) is 0 Å². The molecule has 0 heterocycles. The fourth-order valence-corrected chi connectivity index (χ4v) is 3.04. The Balaban J connectivity index is 2.16. The van der Waals surface area contributed by atoms with Gasteiger partial charge in [-0.1, -0.05) is 19.3 Å². The molecule has 0 aromatic heterocycles. The second-order valence-corrected chi connectivity index (χ2v) is 5.87. The lowest BCUT2D eigenvalue weighted by atomic mass is 9.88. The van der Waals surface area contributed by atoms with Crippen LogP contribution in [0.1, 0.15) is 32.1 Å². The van der Waals surface area contributed by atoms with E-state index in [-0.39, 0.29) is 11.8 Å². The highest BCUT2D eigenvalue weighted by molar-refractivity contribution is 9.10. The highest BCUT2D eigenvalue weighted by Crippen LogP contribution is 2.36. The number of hydrogen-bond acceptors (Lipinski definition) is 3. The van der Waals surface area contributed by atoms with E-state index >= 15 is 0 Å². The molecule has 1 N–H and O–H groups in total. The van der Waals surface area contributed by atoms with Crippen molar-refractivity contribution in [1.82, 2.24) is 0 Å². The Morgan fingerprint density at radius 1 is 1.15 bits per heavy atom. The largest absolute Gasteiger partial charge is 0.495 e. The predicted octanol–water partition coefficient (Wildman–Crippen LogP) is 3.99. The summed E-state index contributed by atoms with van der Waals surface area (Å²) in [6, 6.07) is 3.58. The number of ether oxygens (including phenoxy) is 2. The van der Waals surface area contributed by atoms with Crippen molar-refractivity contribution in [3.05, 3.63) is 16.6 Å². The van der Waals surface area contributed by atoms with Crippen LogP contribution in [0.3, 0.4) is 0 Å². The van der Waals surface area contributed by atoms with Crippen LogP contribution in [-0.2, 0) is 4.79 Å². The van der Waals surface area contributed by atoms with Gasteiger partial charge in [-0.25, -0.2) is 0 Å². The average Bonchev–Trinajstić information content (AvgIpc) is 2.49. The molecule has 1 amide bonds. The molecule has 20 heavy (non-hydrogen) atoms. The third kappa shape index (κ3) is 3.45. The Hall–Kier alpha value is -1.23. The monoisotopic (exact) mass is 341 g/mol. The van der Waals surface area contributed by atoms with Gasteiger partial charge in [-0.05, 0) is 28.8 Å². The van der Waals surface area contributed by atoms with Crippen LogP contribution in [-0.4, -0.2) is 20.1 Å². The minimum absolute atomic E-state index is 0.0763. The normalized spacial score (nSPS) is 15.8. The van der Waals surface area contributed by atoms with E-state index in [1.54, 1.807) is 26.4 Å². The summed E-state index contributed by atoms with van der Waals surface area (Å²) in [6.45, 7) is 0. The zero-order chi connectivity index (χ0) is 14.5. The van der Waals surface area contributed by atoms with E-state index in [9.17, 15) is 4.79 Å². The van der Waals surface area contributed by atoms with Gasteiger partial charge in [0.15, 0.2) is 0 Å². The van der Waals surface area contributed by atoms with Crippen molar-refractivity contribution in [1.29, 1.82) is 0 Å². The van der Waals surface area contributed by atoms with E-state index in [4.69, 9.17) is 9.47 Å². The second kappa shape index (κ2) is 6.97. The first-order valence-corrected chi connectivity index (χ1v) is 7.67. The molecule has 0 bridgehead atoms. The van der Waals surface area contributed by atoms with Gasteiger partial charge in [0.2, 0.25) is 5.91 Å². The molecule has 0 atom stereocenters. The molecule has 0 aliphatic heterocycles. The third-order valence-corrected chi connectivity index (χ3v) is 4.33. The summed E-state index contributed by atoms with van der Waals surface area (Å²) in [5.41, 5.74) is 0.656. The topological polar surface area (TPSA) is 47.6 Å². The van der Waals surface area contributed by atoms with Crippen molar-refractivity contribution in [3.63, 3.8) is 0 Å². The molecule has 1 aromatic rings. The van der Waals surface area contributed by atoms with Crippen LogP contribution in [0, 0.1) is 5.92 Å². The minimum Gasteiger partial charge on any atom is -0.495 e. The number of hydrogen-bond donors (Lipinski definition) is 1. The van der Waals surface area contributed by atoms with E-state index < -0.39 is 0 Å². The summed E-state index contributed by atoms with van der Waals surface area (Å²) in [7, 11) is 3.18. The number of anilines is 1. The Kier molecular flexibility index (Phi) is 5.29. The first-order valence-electron chi connectivity index (χ1n) is 6.88. The van der Waals surface area contributed by atoms with E-state index in [0.29, 0.717) is 17.2 Å². The molecule has 1 fully saturated rings. The van der Waals surface area contributed by atoms with E-state index in [1.807, 2.05) is 0 Å². The van der Waals surface area contributed by atoms with Crippen molar-refractivity contribution in [2.75, 3.05) is 19.5 Å². The zero-order valence-electron chi connectivity index (χ0n) is 11.9. The van der Waals surface area contributed by atoms with E-state index in [2.05, 4.69) is 21.2 Å².